The number of fused-ring (bicyclic) bond motifs is 1. The second kappa shape index (κ2) is 6.38. The smallest absolute Gasteiger partial charge is 0.271 e. The minimum atomic E-state index is -0.562. The molecule has 1 aliphatic heterocycles. The van der Waals surface area contributed by atoms with Gasteiger partial charge in [0.2, 0.25) is 17.7 Å². The molecule has 126 valence electrons. The van der Waals surface area contributed by atoms with Crippen molar-refractivity contribution in [2.24, 2.45) is 11.8 Å². The van der Waals surface area contributed by atoms with E-state index in [1.54, 1.807) is 0 Å². The average molecular weight is 331 g/mol. The number of nitro benzene ring substituents is 1. The van der Waals surface area contributed by atoms with Crippen LogP contribution in [0.25, 0.3) is 0 Å². The monoisotopic (exact) mass is 331 g/mol. The van der Waals surface area contributed by atoms with Crippen molar-refractivity contribution >= 4 is 29.1 Å². The molecular weight excluding hydrogens is 314 g/mol. The van der Waals surface area contributed by atoms with E-state index in [1.807, 2.05) is 0 Å². The van der Waals surface area contributed by atoms with Gasteiger partial charge in [-0.25, -0.2) is 0 Å². The number of likely N-dealkylation sites (tertiary alicyclic amines) is 1. The predicted molar refractivity (Wildman–Crippen MR) is 83.9 cm³/mol. The first-order valence-electron chi connectivity index (χ1n) is 7.87. The molecule has 8 nitrogen and oxygen atoms in total. The number of rotatable bonds is 4. The number of non-ortho nitro benzene ring substituents is 1. The molecule has 1 aromatic rings. The van der Waals surface area contributed by atoms with Crippen LogP contribution in [-0.4, -0.2) is 34.1 Å². The summed E-state index contributed by atoms with van der Waals surface area (Å²) in [4.78, 5) is 48.0. The van der Waals surface area contributed by atoms with Gasteiger partial charge >= 0.3 is 0 Å². The third-order valence-corrected chi connectivity index (χ3v) is 4.57. The van der Waals surface area contributed by atoms with Crippen molar-refractivity contribution in [3.63, 3.8) is 0 Å². The molecule has 2 fully saturated rings. The molecule has 0 spiro atoms. The fourth-order valence-electron chi connectivity index (χ4n) is 3.43. The maximum atomic E-state index is 12.3. The Hall–Kier alpha value is -2.77. The molecule has 1 saturated carbocycles. The summed E-state index contributed by atoms with van der Waals surface area (Å²) in [5.41, 5.74) is 0.109. The lowest BCUT2D eigenvalue weighted by Crippen LogP contribution is -2.38. The number of hydrogen-bond acceptors (Lipinski definition) is 5. The molecule has 0 radical (unpaired) electrons. The van der Waals surface area contributed by atoms with E-state index in [1.165, 1.54) is 24.3 Å². The Morgan fingerprint density at radius 2 is 1.83 bits per heavy atom. The zero-order chi connectivity index (χ0) is 17.3. The fourth-order valence-corrected chi connectivity index (χ4v) is 3.43. The summed E-state index contributed by atoms with van der Waals surface area (Å²) in [5.74, 6) is -1.69. The summed E-state index contributed by atoms with van der Waals surface area (Å²) in [6.07, 6.45) is 3.23. The number of nitrogens with zero attached hydrogens (tertiary/aromatic N) is 2. The summed E-state index contributed by atoms with van der Waals surface area (Å²) in [6.45, 7) is -0.354. The molecule has 2 aliphatic rings. The zero-order valence-corrected chi connectivity index (χ0v) is 12.9. The van der Waals surface area contributed by atoms with Crippen molar-refractivity contribution in [3.8, 4) is 0 Å². The second-order valence-corrected chi connectivity index (χ2v) is 6.12. The Balaban J connectivity index is 1.66. The third kappa shape index (κ3) is 2.99. The first-order chi connectivity index (χ1) is 11.5. The number of imide groups is 1. The lowest BCUT2D eigenvalue weighted by molar-refractivity contribution is -0.384. The van der Waals surface area contributed by atoms with E-state index in [9.17, 15) is 24.5 Å². The highest BCUT2D eigenvalue weighted by Crippen LogP contribution is 2.37. The van der Waals surface area contributed by atoms with E-state index in [4.69, 9.17) is 0 Å². The van der Waals surface area contributed by atoms with E-state index in [2.05, 4.69) is 5.32 Å². The Morgan fingerprint density at radius 1 is 1.21 bits per heavy atom. The summed E-state index contributed by atoms with van der Waals surface area (Å²) < 4.78 is 0. The van der Waals surface area contributed by atoms with Gasteiger partial charge in [-0.15, -0.1) is 0 Å². The summed E-state index contributed by atoms with van der Waals surface area (Å²) in [6, 6.07) is 5.51. The van der Waals surface area contributed by atoms with Crippen molar-refractivity contribution in [1.29, 1.82) is 0 Å². The Labute approximate surface area is 138 Å². The number of nitrogens with one attached hydrogen (secondary N) is 1. The molecule has 2 atom stereocenters. The topological polar surface area (TPSA) is 110 Å². The van der Waals surface area contributed by atoms with Gasteiger partial charge in [0.1, 0.15) is 6.54 Å². The Kier molecular flexibility index (Phi) is 4.28. The van der Waals surface area contributed by atoms with E-state index in [0.29, 0.717) is 12.8 Å². The lowest BCUT2D eigenvalue weighted by Gasteiger charge is -2.19. The van der Waals surface area contributed by atoms with E-state index >= 15 is 0 Å². The number of carbonyl (C=O) groups is 3. The minimum Gasteiger partial charge on any atom is -0.324 e. The van der Waals surface area contributed by atoms with Gasteiger partial charge in [-0.1, -0.05) is 18.9 Å². The van der Waals surface area contributed by atoms with Crippen LogP contribution in [0.4, 0.5) is 11.4 Å². The van der Waals surface area contributed by atoms with Gasteiger partial charge in [-0.05, 0) is 18.9 Å². The number of anilines is 1. The highest BCUT2D eigenvalue weighted by molar-refractivity contribution is 6.08. The number of hydrogen-bond donors (Lipinski definition) is 1. The fraction of sp³-hybridized carbons (Fsp3) is 0.438. The van der Waals surface area contributed by atoms with Crippen LogP contribution in [0, 0.1) is 22.0 Å². The van der Waals surface area contributed by atoms with E-state index in [0.717, 1.165) is 17.7 Å². The number of amides is 3. The van der Waals surface area contributed by atoms with Gasteiger partial charge in [0.05, 0.1) is 16.8 Å². The van der Waals surface area contributed by atoms with Crippen LogP contribution in [0.2, 0.25) is 0 Å². The normalized spacial score (nSPS) is 23.1. The predicted octanol–water partition coefficient (Wildman–Crippen LogP) is 1.71. The van der Waals surface area contributed by atoms with Crippen molar-refractivity contribution in [2.75, 3.05) is 11.9 Å². The molecule has 3 rings (SSSR count). The average Bonchev–Trinajstić information content (AvgIpc) is 2.80. The molecule has 1 aromatic carbocycles. The van der Waals surface area contributed by atoms with Crippen molar-refractivity contribution < 1.29 is 19.3 Å². The second-order valence-electron chi connectivity index (χ2n) is 6.12. The van der Waals surface area contributed by atoms with E-state index in [-0.39, 0.29) is 41.6 Å². The van der Waals surface area contributed by atoms with Crippen molar-refractivity contribution in [2.45, 2.75) is 25.7 Å². The molecule has 1 aliphatic carbocycles. The van der Waals surface area contributed by atoms with Crippen LogP contribution in [0.1, 0.15) is 25.7 Å². The van der Waals surface area contributed by atoms with Crippen molar-refractivity contribution in [3.05, 3.63) is 34.4 Å². The van der Waals surface area contributed by atoms with Crippen LogP contribution < -0.4 is 5.32 Å². The van der Waals surface area contributed by atoms with Gasteiger partial charge in [0, 0.05) is 17.8 Å². The quantitative estimate of drug-likeness (QED) is 0.513. The van der Waals surface area contributed by atoms with E-state index < -0.39 is 10.8 Å². The molecule has 0 bridgehead atoms. The summed E-state index contributed by atoms with van der Waals surface area (Å²) >= 11 is 0. The molecule has 3 amide bonds. The standard InChI is InChI=1S/C16H17N3O5/c20-14(17-10-4-3-5-11(8-10)19(23)24)9-18-15(21)12-6-1-2-7-13(12)16(18)22/h3-5,8,12-13H,1-2,6-7,9H2,(H,17,20)/t12-,13+. The van der Waals surface area contributed by atoms with Crippen LogP contribution >= 0.6 is 0 Å². The SMILES string of the molecule is O=C(CN1C(=O)[C@H]2CCCC[C@H]2C1=O)Nc1cccc([N+](=O)[O-])c1. The maximum Gasteiger partial charge on any atom is 0.271 e. The molecule has 1 N–H and O–H groups in total. The van der Waals surface area contributed by atoms with Gasteiger partial charge in [0.25, 0.3) is 5.69 Å². The van der Waals surface area contributed by atoms with Crippen LogP contribution in [0.5, 0.6) is 0 Å². The van der Waals surface area contributed by atoms with Gasteiger partial charge in [-0.2, -0.15) is 0 Å². The minimum absolute atomic E-state index is 0.146. The highest BCUT2D eigenvalue weighted by atomic mass is 16.6. The summed E-state index contributed by atoms with van der Waals surface area (Å²) in [7, 11) is 0. The van der Waals surface area contributed by atoms with Gasteiger partial charge < -0.3 is 5.32 Å². The summed E-state index contributed by atoms with van der Waals surface area (Å²) in [5, 5.41) is 13.2. The number of nitro groups is 1. The first kappa shape index (κ1) is 16.1. The van der Waals surface area contributed by atoms with Crippen LogP contribution in [0.3, 0.4) is 0 Å². The molecule has 0 unspecified atom stereocenters. The highest BCUT2D eigenvalue weighted by Gasteiger charge is 2.48. The molecule has 24 heavy (non-hydrogen) atoms. The van der Waals surface area contributed by atoms with Gasteiger partial charge in [0.15, 0.2) is 0 Å². The van der Waals surface area contributed by atoms with Gasteiger partial charge in [-0.3, -0.25) is 29.4 Å². The molecule has 1 heterocycles. The number of carbonyl (C=O) groups excluding carboxylic acids is 3. The maximum absolute atomic E-state index is 12.3. The largest absolute Gasteiger partial charge is 0.324 e. The Bertz CT molecular complexity index is 693. The molecule has 1 saturated heterocycles. The molecule has 8 heteroatoms. The zero-order valence-electron chi connectivity index (χ0n) is 12.9. The van der Waals surface area contributed by atoms with Crippen LogP contribution in [0.15, 0.2) is 24.3 Å². The lowest BCUT2D eigenvalue weighted by atomic mass is 9.81. The Morgan fingerprint density at radius 3 is 2.42 bits per heavy atom. The molecular formula is C16H17N3O5. The van der Waals surface area contributed by atoms with Crippen LogP contribution in [-0.2, 0) is 14.4 Å². The van der Waals surface area contributed by atoms with Crippen molar-refractivity contribution in [1.82, 2.24) is 4.90 Å². The molecule has 0 aromatic heterocycles. The third-order valence-electron chi connectivity index (χ3n) is 4.57. The number of benzene rings is 1. The first-order valence-corrected chi connectivity index (χ1v) is 7.87.